The molecule has 0 unspecified atom stereocenters. The van der Waals surface area contributed by atoms with E-state index in [1.807, 2.05) is 42.5 Å². The molecule has 36 heavy (non-hydrogen) atoms. The van der Waals surface area contributed by atoms with E-state index in [2.05, 4.69) is 30.1 Å². The highest BCUT2D eigenvalue weighted by atomic mass is 19.1. The summed E-state index contributed by atoms with van der Waals surface area (Å²) in [5.41, 5.74) is 1.78. The van der Waals surface area contributed by atoms with E-state index < -0.39 is 0 Å². The van der Waals surface area contributed by atoms with Gasteiger partial charge in [-0.1, -0.05) is 24.3 Å². The van der Waals surface area contributed by atoms with E-state index in [1.165, 1.54) is 25.4 Å². The number of anilines is 2. The van der Waals surface area contributed by atoms with Crippen molar-refractivity contribution < 1.29 is 13.9 Å². The Morgan fingerprint density at radius 1 is 1.03 bits per heavy atom. The highest BCUT2D eigenvalue weighted by Gasteiger charge is 2.19. The van der Waals surface area contributed by atoms with Crippen LogP contribution in [0.1, 0.15) is 12.5 Å². The second-order valence-corrected chi connectivity index (χ2v) is 8.73. The van der Waals surface area contributed by atoms with Gasteiger partial charge in [-0.2, -0.15) is 0 Å². The van der Waals surface area contributed by atoms with Crippen LogP contribution in [0.3, 0.4) is 0 Å². The van der Waals surface area contributed by atoms with E-state index in [0.29, 0.717) is 23.0 Å². The highest BCUT2D eigenvalue weighted by molar-refractivity contribution is 5.91. The molecule has 9 heteroatoms. The largest absolute Gasteiger partial charge is 0.437 e. The van der Waals surface area contributed by atoms with Crippen LogP contribution < -0.4 is 15.0 Å². The molecule has 1 saturated heterocycles. The molecule has 0 aliphatic carbocycles. The normalized spacial score (nSPS) is 14.1. The minimum absolute atomic E-state index is 0.184. The Hall–Kier alpha value is -4.11. The summed E-state index contributed by atoms with van der Waals surface area (Å²) in [4.78, 5) is 29.4. The van der Waals surface area contributed by atoms with Crippen molar-refractivity contribution in [1.82, 2.24) is 19.9 Å². The second kappa shape index (κ2) is 10.7. The molecule has 0 radical (unpaired) electrons. The maximum atomic E-state index is 13.1. The number of halogens is 1. The van der Waals surface area contributed by atoms with Crippen LogP contribution in [0.15, 0.2) is 67.0 Å². The molecule has 0 spiro atoms. The number of benzene rings is 2. The van der Waals surface area contributed by atoms with E-state index in [1.54, 1.807) is 6.07 Å². The molecule has 2 aromatic heterocycles. The smallest absolute Gasteiger partial charge is 0.224 e. The first-order chi connectivity index (χ1) is 17.5. The average molecular weight is 487 g/mol. The average Bonchev–Trinajstić information content (AvgIpc) is 2.89. The number of fused-ring (bicyclic) bond motifs is 1. The maximum absolute atomic E-state index is 13.1. The van der Waals surface area contributed by atoms with E-state index in [9.17, 15) is 9.18 Å². The minimum atomic E-state index is -0.202. The molecule has 1 N–H and O–H groups in total. The van der Waals surface area contributed by atoms with Gasteiger partial charge >= 0.3 is 0 Å². The van der Waals surface area contributed by atoms with Crippen molar-refractivity contribution in [2.45, 2.75) is 13.3 Å². The van der Waals surface area contributed by atoms with E-state index in [4.69, 9.17) is 4.74 Å². The summed E-state index contributed by atoms with van der Waals surface area (Å²) < 4.78 is 19.2. The van der Waals surface area contributed by atoms with Gasteiger partial charge in [-0.05, 0) is 42.3 Å². The first-order valence-electron chi connectivity index (χ1n) is 11.9. The summed E-state index contributed by atoms with van der Waals surface area (Å²) in [5.74, 6) is 1.87. The number of rotatable bonds is 7. The summed E-state index contributed by atoms with van der Waals surface area (Å²) in [5, 5.41) is 3.60. The Bertz CT molecular complexity index is 1360. The topological polar surface area (TPSA) is 83.5 Å². The predicted octanol–water partition coefficient (Wildman–Crippen LogP) is 4.28. The number of carbonyl (C=O) groups is 1. The lowest BCUT2D eigenvalue weighted by Gasteiger charge is -2.35. The molecule has 1 fully saturated rings. The van der Waals surface area contributed by atoms with Crippen LogP contribution >= 0.6 is 0 Å². The SMILES string of the molecule is CC(=O)Nc1ccc2cccc(Oc3cc(N4CCN(CCc5ccc(F)cc5)CC4)ncn3)c2n1. The molecule has 184 valence electrons. The predicted molar refractivity (Wildman–Crippen MR) is 137 cm³/mol. The summed E-state index contributed by atoms with van der Waals surface area (Å²) >= 11 is 0. The quantitative estimate of drug-likeness (QED) is 0.417. The van der Waals surface area contributed by atoms with Crippen molar-refractivity contribution in [1.29, 1.82) is 0 Å². The van der Waals surface area contributed by atoms with Crippen molar-refractivity contribution in [2.75, 3.05) is 42.9 Å². The van der Waals surface area contributed by atoms with Crippen LogP contribution in [0.5, 0.6) is 11.6 Å². The third-order valence-corrected chi connectivity index (χ3v) is 6.16. The number of ether oxygens (including phenoxy) is 1. The molecule has 1 aliphatic rings. The van der Waals surface area contributed by atoms with Crippen molar-refractivity contribution in [3.8, 4) is 11.6 Å². The van der Waals surface area contributed by atoms with Crippen molar-refractivity contribution in [3.05, 3.63) is 78.4 Å². The zero-order valence-electron chi connectivity index (χ0n) is 20.0. The number of carbonyl (C=O) groups excluding carboxylic acids is 1. The number of hydrogen-bond acceptors (Lipinski definition) is 7. The fourth-order valence-electron chi connectivity index (χ4n) is 4.26. The van der Waals surface area contributed by atoms with E-state index in [-0.39, 0.29) is 11.7 Å². The number of aromatic nitrogens is 3. The molecular weight excluding hydrogens is 459 g/mol. The zero-order chi connectivity index (χ0) is 24.9. The Morgan fingerprint density at radius 2 is 1.83 bits per heavy atom. The molecule has 1 amide bonds. The summed E-state index contributed by atoms with van der Waals surface area (Å²) in [7, 11) is 0. The highest BCUT2D eigenvalue weighted by Crippen LogP contribution is 2.30. The van der Waals surface area contributed by atoms with Crippen LogP contribution in [0.4, 0.5) is 16.0 Å². The van der Waals surface area contributed by atoms with Crippen LogP contribution in [-0.4, -0.2) is 58.5 Å². The standard InChI is InChI=1S/C27H27FN6O2/c1-19(35)31-24-10-7-21-3-2-4-23(27(21)32-24)36-26-17-25(29-18-30-26)34-15-13-33(14-16-34)12-11-20-5-8-22(28)9-6-20/h2-10,17-18H,11-16H2,1H3,(H,31,32,35). The van der Waals surface area contributed by atoms with Gasteiger partial charge in [0, 0.05) is 51.1 Å². The zero-order valence-corrected chi connectivity index (χ0v) is 20.0. The fraction of sp³-hybridized carbons (Fsp3) is 0.259. The van der Waals surface area contributed by atoms with Crippen LogP contribution in [0, 0.1) is 5.82 Å². The molecule has 5 rings (SSSR count). The van der Waals surface area contributed by atoms with Gasteiger partial charge in [0.05, 0.1) is 0 Å². The van der Waals surface area contributed by atoms with Crippen LogP contribution in [0.25, 0.3) is 10.9 Å². The Labute approximate surface area is 208 Å². The van der Waals surface area contributed by atoms with Gasteiger partial charge in [-0.15, -0.1) is 0 Å². The van der Waals surface area contributed by atoms with Gasteiger partial charge in [0.15, 0.2) is 5.75 Å². The Kier molecular flexibility index (Phi) is 6.99. The molecule has 1 aliphatic heterocycles. The number of pyridine rings is 1. The summed E-state index contributed by atoms with van der Waals surface area (Å²) in [6, 6.07) is 17.9. The summed E-state index contributed by atoms with van der Waals surface area (Å²) in [6.45, 7) is 5.90. The molecule has 0 bridgehead atoms. The number of amides is 1. The summed E-state index contributed by atoms with van der Waals surface area (Å²) in [6.07, 6.45) is 2.40. The van der Waals surface area contributed by atoms with Gasteiger partial charge in [-0.3, -0.25) is 9.69 Å². The second-order valence-electron chi connectivity index (χ2n) is 8.73. The number of nitrogens with zero attached hydrogens (tertiary/aromatic N) is 5. The lowest BCUT2D eigenvalue weighted by atomic mass is 10.1. The number of para-hydroxylation sites is 1. The third-order valence-electron chi connectivity index (χ3n) is 6.16. The minimum Gasteiger partial charge on any atom is -0.437 e. The molecular formula is C27H27FN6O2. The van der Waals surface area contributed by atoms with Gasteiger partial charge < -0.3 is 15.0 Å². The maximum Gasteiger partial charge on any atom is 0.224 e. The first-order valence-corrected chi connectivity index (χ1v) is 11.9. The molecule has 4 aromatic rings. The van der Waals surface area contributed by atoms with E-state index >= 15 is 0 Å². The molecule has 0 saturated carbocycles. The number of hydrogen-bond donors (Lipinski definition) is 1. The van der Waals surface area contributed by atoms with Crippen molar-refractivity contribution in [2.24, 2.45) is 0 Å². The van der Waals surface area contributed by atoms with Gasteiger partial charge in [0.2, 0.25) is 11.8 Å². The van der Waals surface area contributed by atoms with Gasteiger partial charge in [-0.25, -0.2) is 19.3 Å². The molecule has 0 atom stereocenters. The van der Waals surface area contributed by atoms with Crippen LogP contribution in [-0.2, 0) is 11.2 Å². The van der Waals surface area contributed by atoms with Crippen molar-refractivity contribution in [3.63, 3.8) is 0 Å². The first kappa shape index (κ1) is 23.6. The van der Waals surface area contributed by atoms with Crippen LogP contribution in [0.2, 0.25) is 0 Å². The number of piperazine rings is 1. The van der Waals surface area contributed by atoms with Gasteiger partial charge in [0.1, 0.15) is 29.3 Å². The monoisotopic (exact) mass is 486 g/mol. The molecule has 8 nitrogen and oxygen atoms in total. The third kappa shape index (κ3) is 5.75. The lowest BCUT2D eigenvalue weighted by Crippen LogP contribution is -2.47. The molecule has 3 heterocycles. The Morgan fingerprint density at radius 3 is 2.61 bits per heavy atom. The van der Waals surface area contributed by atoms with E-state index in [0.717, 1.165) is 55.9 Å². The number of nitrogens with one attached hydrogen (secondary N) is 1. The fourth-order valence-corrected chi connectivity index (χ4v) is 4.26. The Balaban J connectivity index is 1.23. The lowest BCUT2D eigenvalue weighted by molar-refractivity contribution is -0.114. The van der Waals surface area contributed by atoms with Gasteiger partial charge in [0.25, 0.3) is 0 Å². The van der Waals surface area contributed by atoms with Crippen molar-refractivity contribution >= 4 is 28.4 Å². The molecule has 2 aromatic carbocycles.